The minimum absolute atomic E-state index is 0.00405. The molecule has 3 rings (SSSR count). The second kappa shape index (κ2) is 7.02. The van der Waals surface area contributed by atoms with Gasteiger partial charge in [0, 0.05) is 17.1 Å². The summed E-state index contributed by atoms with van der Waals surface area (Å²) in [6, 6.07) is 6.01. The molecular weight excluding hydrogens is 336 g/mol. The van der Waals surface area contributed by atoms with Crippen LogP contribution in [0.25, 0.3) is 11.5 Å². The summed E-state index contributed by atoms with van der Waals surface area (Å²) in [6.45, 7) is 0.567. The highest BCUT2D eigenvalue weighted by Crippen LogP contribution is 2.21. The number of hydrogen-bond donors (Lipinski definition) is 1. The minimum Gasteiger partial charge on any atom is -0.480 e. The summed E-state index contributed by atoms with van der Waals surface area (Å²) in [7, 11) is 0. The van der Waals surface area contributed by atoms with Gasteiger partial charge in [0.05, 0.1) is 25.3 Å². The van der Waals surface area contributed by atoms with Crippen LogP contribution in [0, 0.1) is 0 Å². The average molecular weight is 351 g/mol. The lowest BCUT2D eigenvalue weighted by Gasteiger charge is -2.32. The zero-order valence-electron chi connectivity index (χ0n) is 12.6. The Bertz CT molecular complexity index is 743. The van der Waals surface area contributed by atoms with E-state index in [2.05, 4.69) is 4.98 Å². The van der Waals surface area contributed by atoms with Gasteiger partial charge in [0.25, 0.3) is 0 Å². The van der Waals surface area contributed by atoms with Crippen molar-refractivity contribution in [2.45, 2.75) is 12.5 Å². The molecule has 0 saturated carbocycles. The zero-order chi connectivity index (χ0) is 17.1. The maximum Gasteiger partial charge on any atom is 0.328 e. The SMILES string of the molecule is O=C(O)[C@H]1COCCN1C(=O)Cc1coc(-c2ccc(Cl)cc2)n1. The molecule has 126 valence electrons. The van der Waals surface area contributed by atoms with Crippen LogP contribution in [0.5, 0.6) is 0 Å². The van der Waals surface area contributed by atoms with E-state index in [0.717, 1.165) is 5.56 Å². The number of benzene rings is 1. The Balaban J connectivity index is 1.70. The molecule has 1 atom stereocenters. The third-order valence-corrected chi connectivity index (χ3v) is 3.96. The third kappa shape index (κ3) is 3.58. The highest BCUT2D eigenvalue weighted by Gasteiger charge is 2.32. The van der Waals surface area contributed by atoms with E-state index in [1.807, 2.05) is 0 Å². The van der Waals surface area contributed by atoms with Gasteiger partial charge >= 0.3 is 5.97 Å². The largest absolute Gasteiger partial charge is 0.480 e. The number of nitrogens with zero attached hydrogens (tertiary/aromatic N) is 2. The summed E-state index contributed by atoms with van der Waals surface area (Å²) in [5.74, 6) is -1.02. The Kier molecular flexibility index (Phi) is 4.82. The second-order valence-corrected chi connectivity index (χ2v) is 5.78. The fraction of sp³-hybridized carbons (Fsp3) is 0.312. The highest BCUT2D eigenvalue weighted by atomic mass is 35.5. The van der Waals surface area contributed by atoms with Crippen LogP contribution in [0.15, 0.2) is 34.9 Å². The first-order valence-electron chi connectivity index (χ1n) is 7.35. The smallest absolute Gasteiger partial charge is 0.328 e. The van der Waals surface area contributed by atoms with Crippen molar-refractivity contribution in [3.05, 3.63) is 41.2 Å². The number of halogens is 1. The summed E-state index contributed by atoms with van der Waals surface area (Å²) in [5.41, 5.74) is 1.19. The van der Waals surface area contributed by atoms with E-state index in [9.17, 15) is 14.7 Å². The maximum atomic E-state index is 12.4. The molecule has 1 fully saturated rings. The number of oxazole rings is 1. The van der Waals surface area contributed by atoms with Crippen molar-refractivity contribution in [2.24, 2.45) is 0 Å². The van der Waals surface area contributed by atoms with Gasteiger partial charge in [-0.05, 0) is 24.3 Å². The Labute approximate surface area is 142 Å². The molecule has 0 radical (unpaired) electrons. The predicted octanol–water partition coefficient (Wildman–Crippen LogP) is 1.85. The molecule has 1 aliphatic rings. The lowest BCUT2D eigenvalue weighted by Crippen LogP contribution is -2.53. The zero-order valence-corrected chi connectivity index (χ0v) is 13.4. The number of amides is 1. The monoisotopic (exact) mass is 350 g/mol. The summed E-state index contributed by atoms with van der Waals surface area (Å²) < 4.78 is 10.5. The van der Waals surface area contributed by atoms with E-state index in [-0.39, 0.29) is 25.5 Å². The van der Waals surface area contributed by atoms with Crippen LogP contribution in [0.1, 0.15) is 5.69 Å². The van der Waals surface area contributed by atoms with Crippen LogP contribution in [0.2, 0.25) is 5.02 Å². The van der Waals surface area contributed by atoms with Crippen molar-refractivity contribution in [1.82, 2.24) is 9.88 Å². The Morgan fingerprint density at radius 3 is 2.79 bits per heavy atom. The van der Waals surface area contributed by atoms with E-state index >= 15 is 0 Å². The number of carboxylic acid groups (broad SMARTS) is 1. The van der Waals surface area contributed by atoms with Crippen molar-refractivity contribution >= 4 is 23.5 Å². The fourth-order valence-electron chi connectivity index (χ4n) is 2.48. The quantitative estimate of drug-likeness (QED) is 0.904. The summed E-state index contributed by atoms with van der Waals surface area (Å²) >= 11 is 5.84. The molecule has 7 nitrogen and oxygen atoms in total. The lowest BCUT2D eigenvalue weighted by molar-refractivity contribution is -0.158. The van der Waals surface area contributed by atoms with E-state index < -0.39 is 12.0 Å². The van der Waals surface area contributed by atoms with Gasteiger partial charge in [-0.15, -0.1) is 0 Å². The van der Waals surface area contributed by atoms with Gasteiger partial charge in [0.2, 0.25) is 11.8 Å². The molecule has 24 heavy (non-hydrogen) atoms. The van der Waals surface area contributed by atoms with Crippen LogP contribution in [-0.2, 0) is 20.7 Å². The molecule has 0 bridgehead atoms. The average Bonchev–Trinajstić information content (AvgIpc) is 3.04. The molecule has 2 heterocycles. The molecule has 1 amide bonds. The third-order valence-electron chi connectivity index (χ3n) is 3.71. The number of aliphatic carboxylic acids is 1. The Morgan fingerprint density at radius 1 is 1.33 bits per heavy atom. The number of morpholine rings is 1. The van der Waals surface area contributed by atoms with Gasteiger partial charge in [-0.25, -0.2) is 9.78 Å². The van der Waals surface area contributed by atoms with Crippen LogP contribution in [0.4, 0.5) is 0 Å². The van der Waals surface area contributed by atoms with Crippen molar-refractivity contribution in [3.63, 3.8) is 0 Å². The van der Waals surface area contributed by atoms with Gasteiger partial charge in [0.15, 0.2) is 6.04 Å². The van der Waals surface area contributed by atoms with E-state index in [4.69, 9.17) is 20.8 Å². The van der Waals surface area contributed by atoms with Crippen LogP contribution < -0.4 is 0 Å². The molecule has 1 aromatic heterocycles. The van der Waals surface area contributed by atoms with Crippen molar-refractivity contribution in [2.75, 3.05) is 19.8 Å². The van der Waals surface area contributed by atoms with Crippen molar-refractivity contribution in [1.29, 1.82) is 0 Å². The van der Waals surface area contributed by atoms with Gasteiger partial charge in [0.1, 0.15) is 6.26 Å². The number of carbonyl (C=O) groups excluding carboxylic acids is 1. The first kappa shape index (κ1) is 16.5. The molecule has 8 heteroatoms. The minimum atomic E-state index is -1.08. The van der Waals surface area contributed by atoms with Crippen LogP contribution in [0.3, 0.4) is 0 Å². The highest BCUT2D eigenvalue weighted by molar-refractivity contribution is 6.30. The number of hydrogen-bond acceptors (Lipinski definition) is 5. The van der Waals surface area contributed by atoms with Crippen molar-refractivity contribution < 1.29 is 23.8 Å². The molecule has 1 N–H and O–H groups in total. The molecule has 2 aromatic rings. The molecule has 0 unspecified atom stereocenters. The first-order valence-corrected chi connectivity index (χ1v) is 7.73. The van der Waals surface area contributed by atoms with Gasteiger partial charge in [-0.1, -0.05) is 11.6 Å². The topological polar surface area (TPSA) is 92.9 Å². The molecule has 1 aliphatic heterocycles. The number of ether oxygens (including phenoxy) is 1. The Morgan fingerprint density at radius 2 is 2.08 bits per heavy atom. The summed E-state index contributed by atoms with van der Waals surface area (Å²) in [4.78, 5) is 29.2. The van der Waals surface area contributed by atoms with Gasteiger partial charge in [-0.2, -0.15) is 0 Å². The second-order valence-electron chi connectivity index (χ2n) is 5.34. The maximum absolute atomic E-state index is 12.4. The predicted molar refractivity (Wildman–Crippen MR) is 84.6 cm³/mol. The number of carboxylic acids is 1. The number of rotatable bonds is 4. The molecular formula is C16H15ClN2O5. The summed E-state index contributed by atoms with van der Waals surface area (Å²) in [6.07, 6.45) is 1.37. The van der Waals surface area contributed by atoms with E-state index in [1.165, 1.54) is 11.2 Å². The number of carbonyl (C=O) groups is 2. The molecule has 1 aromatic carbocycles. The standard InChI is InChI=1S/C16H15ClN2O5/c17-11-3-1-10(2-4-11)15-18-12(8-24-15)7-14(20)19-5-6-23-9-13(19)16(21)22/h1-4,8,13H,5-7,9H2,(H,21,22)/t13-/m1/s1. The first-order chi connectivity index (χ1) is 11.5. The number of aromatic nitrogens is 1. The molecule has 1 saturated heterocycles. The molecule has 0 aliphatic carbocycles. The normalized spacial score (nSPS) is 17.7. The van der Waals surface area contributed by atoms with Crippen LogP contribution >= 0.6 is 11.6 Å². The van der Waals surface area contributed by atoms with Gasteiger partial charge < -0.3 is 19.2 Å². The van der Waals surface area contributed by atoms with E-state index in [0.29, 0.717) is 23.2 Å². The van der Waals surface area contributed by atoms with Crippen molar-refractivity contribution in [3.8, 4) is 11.5 Å². The Hall–Kier alpha value is -2.38. The lowest BCUT2D eigenvalue weighted by atomic mass is 10.2. The molecule has 0 spiro atoms. The fourth-order valence-corrected chi connectivity index (χ4v) is 2.60. The van der Waals surface area contributed by atoms with E-state index in [1.54, 1.807) is 24.3 Å². The summed E-state index contributed by atoms with van der Waals surface area (Å²) in [5, 5.41) is 9.78. The van der Waals surface area contributed by atoms with Crippen LogP contribution in [-0.4, -0.2) is 52.7 Å². The van der Waals surface area contributed by atoms with Gasteiger partial charge in [-0.3, -0.25) is 4.79 Å².